The van der Waals surface area contributed by atoms with Crippen molar-refractivity contribution in [3.63, 3.8) is 0 Å². The van der Waals surface area contributed by atoms with E-state index >= 15 is 0 Å². The predicted molar refractivity (Wildman–Crippen MR) is 94.4 cm³/mol. The fraction of sp³-hybridized carbons (Fsp3) is 0.500. The van der Waals surface area contributed by atoms with Gasteiger partial charge in [-0.1, -0.05) is 24.3 Å². The van der Waals surface area contributed by atoms with E-state index in [1.165, 1.54) is 25.9 Å². The minimum Gasteiger partial charge on any atom is -0.385 e. The first-order valence-electron chi connectivity index (χ1n) is 9.09. The van der Waals surface area contributed by atoms with Gasteiger partial charge in [-0.2, -0.15) is 0 Å². The standard InChI is InChI=1S/C20H25N3O/c24-20(10-8-18(9-11-20)23-14-1-2-15-23)17-6-4-16(5-7-17)19-21-12-3-13-22-19/h3-7,12-13,18,24H,1-2,8-11,14-15H2. The molecule has 0 unspecified atom stereocenters. The van der Waals surface area contributed by atoms with Gasteiger partial charge in [0.2, 0.25) is 0 Å². The number of nitrogens with zero attached hydrogens (tertiary/aromatic N) is 3. The van der Waals surface area contributed by atoms with E-state index in [0.717, 1.165) is 42.6 Å². The molecule has 0 amide bonds. The summed E-state index contributed by atoms with van der Waals surface area (Å²) in [5.41, 5.74) is 1.35. The molecule has 1 aromatic carbocycles. The van der Waals surface area contributed by atoms with E-state index in [9.17, 15) is 5.11 Å². The number of aromatic nitrogens is 2. The normalized spacial score (nSPS) is 28.1. The summed E-state index contributed by atoms with van der Waals surface area (Å²) in [5, 5.41) is 11.1. The van der Waals surface area contributed by atoms with Gasteiger partial charge in [-0.15, -0.1) is 0 Å². The summed E-state index contributed by atoms with van der Waals surface area (Å²) in [6.07, 6.45) is 10.1. The number of likely N-dealkylation sites (tertiary alicyclic amines) is 1. The second-order valence-electron chi connectivity index (χ2n) is 7.16. The van der Waals surface area contributed by atoms with E-state index in [4.69, 9.17) is 0 Å². The Kier molecular flexibility index (Phi) is 4.33. The van der Waals surface area contributed by atoms with Crippen molar-refractivity contribution >= 4 is 0 Å². The minimum absolute atomic E-state index is 0.671. The third-order valence-corrected chi connectivity index (χ3v) is 5.69. The van der Waals surface area contributed by atoms with Crippen LogP contribution in [0.15, 0.2) is 42.7 Å². The van der Waals surface area contributed by atoms with Crippen LogP contribution in [0.4, 0.5) is 0 Å². The maximum Gasteiger partial charge on any atom is 0.159 e. The van der Waals surface area contributed by atoms with Crippen LogP contribution in [0.1, 0.15) is 44.1 Å². The van der Waals surface area contributed by atoms with Crippen LogP contribution in [-0.2, 0) is 5.60 Å². The van der Waals surface area contributed by atoms with Gasteiger partial charge < -0.3 is 10.0 Å². The highest BCUT2D eigenvalue weighted by Crippen LogP contribution is 2.39. The molecular weight excluding hydrogens is 298 g/mol. The van der Waals surface area contributed by atoms with Gasteiger partial charge in [0.25, 0.3) is 0 Å². The van der Waals surface area contributed by atoms with Crippen LogP contribution in [0.25, 0.3) is 11.4 Å². The molecule has 0 radical (unpaired) electrons. The molecule has 4 heteroatoms. The number of rotatable bonds is 3. The second-order valence-corrected chi connectivity index (χ2v) is 7.16. The Morgan fingerprint density at radius 1 is 0.958 bits per heavy atom. The second kappa shape index (κ2) is 6.61. The van der Waals surface area contributed by atoms with E-state index < -0.39 is 5.60 Å². The largest absolute Gasteiger partial charge is 0.385 e. The highest BCUT2D eigenvalue weighted by molar-refractivity contribution is 5.55. The van der Waals surface area contributed by atoms with Crippen molar-refractivity contribution in [1.82, 2.24) is 14.9 Å². The zero-order valence-electron chi connectivity index (χ0n) is 14.1. The van der Waals surface area contributed by atoms with E-state index in [1.807, 2.05) is 30.3 Å². The lowest BCUT2D eigenvalue weighted by Gasteiger charge is -2.40. The Morgan fingerprint density at radius 3 is 2.21 bits per heavy atom. The molecule has 2 aliphatic rings. The Hall–Kier alpha value is -1.78. The van der Waals surface area contributed by atoms with Crippen LogP contribution in [-0.4, -0.2) is 39.1 Å². The van der Waals surface area contributed by atoms with Crippen molar-refractivity contribution in [2.75, 3.05) is 13.1 Å². The third kappa shape index (κ3) is 3.08. The molecule has 1 N–H and O–H groups in total. The minimum atomic E-state index is -0.674. The van der Waals surface area contributed by atoms with Crippen molar-refractivity contribution in [2.24, 2.45) is 0 Å². The zero-order valence-corrected chi connectivity index (χ0v) is 14.1. The quantitative estimate of drug-likeness (QED) is 0.941. The summed E-state index contributed by atoms with van der Waals surface area (Å²) in [6.45, 7) is 2.49. The third-order valence-electron chi connectivity index (χ3n) is 5.69. The van der Waals surface area contributed by atoms with Crippen molar-refractivity contribution in [3.8, 4) is 11.4 Å². The van der Waals surface area contributed by atoms with E-state index in [0.29, 0.717) is 6.04 Å². The summed E-state index contributed by atoms with van der Waals surface area (Å²) >= 11 is 0. The van der Waals surface area contributed by atoms with Crippen LogP contribution >= 0.6 is 0 Å². The maximum absolute atomic E-state index is 11.1. The molecule has 0 bridgehead atoms. The highest BCUT2D eigenvalue weighted by atomic mass is 16.3. The van der Waals surface area contributed by atoms with Crippen LogP contribution in [0.5, 0.6) is 0 Å². The van der Waals surface area contributed by atoms with Gasteiger partial charge in [0.1, 0.15) is 0 Å². The Labute approximate surface area is 143 Å². The zero-order chi connectivity index (χ0) is 16.4. The van der Waals surface area contributed by atoms with Crippen molar-refractivity contribution in [2.45, 2.75) is 50.2 Å². The summed E-state index contributed by atoms with van der Waals surface area (Å²) in [7, 11) is 0. The van der Waals surface area contributed by atoms with Gasteiger partial charge in [0.15, 0.2) is 5.82 Å². The molecule has 126 valence electrons. The first-order chi connectivity index (χ1) is 11.7. The van der Waals surface area contributed by atoms with E-state index in [1.54, 1.807) is 12.4 Å². The molecule has 1 saturated heterocycles. The molecule has 1 aliphatic carbocycles. The lowest BCUT2D eigenvalue weighted by molar-refractivity contribution is -0.0221. The molecular formula is C20H25N3O. The van der Waals surface area contributed by atoms with Crippen LogP contribution in [0, 0.1) is 0 Å². The molecule has 2 fully saturated rings. The molecule has 24 heavy (non-hydrogen) atoms. The molecule has 1 aliphatic heterocycles. The summed E-state index contributed by atoms with van der Waals surface area (Å²) in [6, 6.07) is 10.6. The van der Waals surface area contributed by atoms with Gasteiger partial charge in [0.05, 0.1) is 5.60 Å². The summed E-state index contributed by atoms with van der Waals surface area (Å²) in [4.78, 5) is 11.2. The monoisotopic (exact) mass is 323 g/mol. The number of hydrogen-bond donors (Lipinski definition) is 1. The first-order valence-corrected chi connectivity index (χ1v) is 9.09. The lowest BCUT2D eigenvalue weighted by atomic mass is 9.77. The number of hydrogen-bond acceptors (Lipinski definition) is 4. The fourth-order valence-corrected chi connectivity index (χ4v) is 4.22. The molecule has 2 aromatic rings. The molecule has 0 atom stereocenters. The van der Waals surface area contributed by atoms with Crippen LogP contribution in [0.3, 0.4) is 0 Å². The first kappa shape index (κ1) is 15.7. The average molecular weight is 323 g/mol. The molecule has 4 nitrogen and oxygen atoms in total. The lowest BCUT2D eigenvalue weighted by Crippen LogP contribution is -2.41. The maximum atomic E-state index is 11.1. The molecule has 4 rings (SSSR count). The Bertz CT molecular complexity index is 657. The SMILES string of the molecule is OC1(c2ccc(-c3ncccn3)cc2)CCC(N2CCCC2)CC1. The average Bonchev–Trinajstić information content (AvgIpc) is 3.18. The van der Waals surface area contributed by atoms with Crippen molar-refractivity contribution in [3.05, 3.63) is 48.3 Å². The fourth-order valence-electron chi connectivity index (χ4n) is 4.22. The highest BCUT2D eigenvalue weighted by Gasteiger charge is 2.37. The van der Waals surface area contributed by atoms with Crippen molar-refractivity contribution in [1.29, 1.82) is 0 Å². The molecule has 2 heterocycles. The van der Waals surface area contributed by atoms with Gasteiger partial charge in [-0.05, 0) is 63.2 Å². The Balaban J connectivity index is 1.45. The molecule has 0 spiro atoms. The summed E-state index contributed by atoms with van der Waals surface area (Å²) in [5.74, 6) is 0.730. The van der Waals surface area contributed by atoms with Crippen LogP contribution in [0.2, 0.25) is 0 Å². The molecule has 1 saturated carbocycles. The van der Waals surface area contributed by atoms with Gasteiger partial charge >= 0.3 is 0 Å². The topological polar surface area (TPSA) is 49.3 Å². The smallest absolute Gasteiger partial charge is 0.159 e. The molecule has 1 aromatic heterocycles. The van der Waals surface area contributed by atoms with Gasteiger partial charge in [-0.3, -0.25) is 0 Å². The van der Waals surface area contributed by atoms with Crippen LogP contribution < -0.4 is 0 Å². The van der Waals surface area contributed by atoms with Gasteiger partial charge in [0, 0.05) is 24.0 Å². The van der Waals surface area contributed by atoms with Gasteiger partial charge in [-0.25, -0.2) is 9.97 Å². The summed E-state index contributed by atoms with van der Waals surface area (Å²) < 4.78 is 0. The van der Waals surface area contributed by atoms with E-state index in [-0.39, 0.29) is 0 Å². The van der Waals surface area contributed by atoms with Crippen molar-refractivity contribution < 1.29 is 5.11 Å². The number of benzene rings is 1. The Morgan fingerprint density at radius 2 is 1.58 bits per heavy atom. The predicted octanol–water partition coefficient (Wildman–Crippen LogP) is 3.37. The van der Waals surface area contributed by atoms with E-state index in [2.05, 4.69) is 14.9 Å². The number of aliphatic hydroxyl groups is 1.